The highest BCUT2D eigenvalue weighted by Gasteiger charge is 2.12. The Labute approximate surface area is 108 Å². The van der Waals surface area contributed by atoms with Gasteiger partial charge in [0.25, 0.3) is 0 Å². The lowest BCUT2D eigenvalue weighted by atomic mass is 9.87. The highest BCUT2D eigenvalue weighted by atomic mass is 32.2. The van der Waals surface area contributed by atoms with Gasteiger partial charge in [-0.3, -0.25) is 4.79 Å². The lowest BCUT2D eigenvalue weighted by molar-refractivity contribution is -0.119. The molecular formula is C14H20NOS. The van der Waals surface area contributed by atoms with E-state index in [1.165, 1.54) is 10.5 Å². The first kappa shape index (κ1) is 14.1. The van der Waals surface area contributed by atoms with Crippen LogP contribution in [0.1, 0.15) is 32.8 Å². The summed E-state index contributed by atoms with van der Waals surface area (Å²) in [5.74, 6) is 1.97. The van der Waals surface area contributed by atoms with Crippen LogP contribution in [-0.4, -0.2) is 13.0 Å². The van der Waals surface area contributed by atoms with Crippen molar-refractivity contribution >= 4 is 17.7 Å². The van der Waals surface area contributed by atoms with Gasteiger partial charge in [-0.15, -0.1) is 11.8 Å². The fraction of sp³-hybridized carbons (Fsp3) is 0.429. The Morgan fingerprint density at radius 1 is 1.29 bits per heavy atom. The second kappa shape index (κ2) is 6.10. The van der Waals surface area contributed by atoms with E-state index in [0.29, 0.717) is 6.42 Å². The zero-order chi connectivity index (χ0) is 12.9. The number of nitrogens with one attached hydrogen (secondary N) is 1. The average Bonchev–Trinajstić information content (AvgIpc) is 2.28. The molecule has 0 unspecified atom stereocenters. The van der Waals surface area contributed by atoms with Crippen molar-refractivity contribution in [3.8, 4) is 0 Å². The van der Waals surface area contributed by atoms with E-state index in [1.54, 1.807) is 18.8 Å². The van der Waals surface area contributed by atoms with Gasteiger partial charge in [0.05, 0.1) is 0 Å². The van der Waals surface area contributed by atoms with Gasteiger partial charge in [0.15, 0.2) is 0 Å². The van der Waals surface area contributed by atoms with Gasteiger partial charge in [-0.2, -0.15) is 0 Å². The largest absolute Gasteiger partial charge is 0.359 e. The maximum Gasteiger partial charge on any atom is 0.220 e. The van der Waals surface area contributed by atoms with Gasteiger partial charge in [-0.05, 0) is 23.1 Å². The van der Waals surface area contributed by atoms with E-state index < -0.39 is 0 Å². The molecular weight excluding hydrogens is 230 g/mol. The predicted octanol–water partition coefficient (Wildman–Crippen LogP) is 3.37. The molecule has 1 aromatic carbocycles. The Morgan fingerprint density at radius 3 is 2.35 bits per heavy atom. The molecule has 2 nitrogen and oxygen atoms in total. The normalized spacial score (nSPS) is 11.3. The molecule has 1 radical (unpaired) electrons. The molecule has 0 atom stereocenters. The molecule has 93 valence electrons. The first-order valence-electron chi connectivity index (χ1n) is 5.73. The number of thioether (sulfide) groups is 1. The van der Waals surface area contributed by atoms with Crippen molar-refractivity contribution in [2.24, 2.45) is 0 Å². The Balaban J connectivity index is 2.49. The molecule has 0 fully saturated rings. The molecule has 0 heterocycles. The topological polar surface area (TPSA) is 29.1 Å². The quantitative estimate of drug-likeness (QED) is 0.830. The standard InChI is InChI=1S/C14H20NOS/c1-14(2,3)11-5-7-12(8-6-11)17-10-9-13(16)15-4/h5-8,10H,9H2,1-4H3,(H,15,16). The lowest BCUT2D eigenvalue weighted by Crippen LogP contribution is -2.16. The number of hydrogen-bond donors (Lipinski definition) is 1. The molecule has 1 N–H and O–H groups in total. The zero-order valence-electron chi connectivity index (χ0n) is 10.9. The predicted molar refractivity (Wildman–Crippen MR) is 74.0 cm³/mol. The van der Waals surface area contributed by atoms with E-state index >= 15 is 0 Å². The third kappa shape index (κ3) is 4.82. The molecule has 0 aliphatic rings. The first-order chi connectivity index (χ1) is 7.93. The van der Waals surface area contributed by atoms with Gasteiger partial charge in [-0.1, -0.05) is 32.9 Å². The van der Waals surface area contributed by atoms with Crippen molar-refractivity contribution in [3.63, 3.8) is 0 Å². The van der Waals surface area contributed by atoms with Crippen LogP contribution < -0.4 is 5.32 Å². The number of hydrogen-bond acceptors (Lipinski definition) is 2. The van der Waals surface area contributed by atoms with Crippen LogP contribution in [0.5, 0.6) is 0 Å². The summed E-state index contributed by atoms with van der Waals surface area (Å²) in [6.07, 6.45) is 0.447. The number of carbonyl (C=O) groups excluding carboxylic acids is 1. The third-order valence-corrected chi connectivity index (χ3v) is 3.36. The molecule has 0 bridgehead atoms. The van der Waals surface area contributed by atoms with Crippen LogP contribution in [0.3, 0.4) is 0 Å². The van der Waals surface area contributed by atoms with Crippen molar-refractivity contribution in [3.05, 3.63) is 35.6 Å². The lowest BCUT2D eigenvalue weighted by Gasteiger charge is -2.18. The molecule has 0 saturated carbocycles. The van der Waals surface area contributed by atoms with E-state index in [-0.39, 0.29) is 11.3 Å². The van der Waals surface area contributed by atoms with Gasteiger partial charge >= 0.3 is 0 Å². The summed E-state index contributed by atoms with van der Waals surface area (Å²) in [5.41, 5.74) is 1.52. The molecule has 1 aromatic rings. The van der Waals surface area contributed by atoms with Crippen LogP contribution in [0.2, 0.25) is 0 Å². The highest BCUT2D eigenvalue weighted by Crippen LogP contribution is 2.27. The molecule has 3 heteroatoms. The summed E-state index contributed by atoms with van der Waals surface area (Å²) >= 11 is 1.60. The molecule has 0 aliphatic carbocycles. The van der Waals surface area contributed by atoms with E-state index in [0.717, 1.165) is 0 Å². The van der Waals surface area contributed by atoms with Crippen LogP contribution in [0.25, 0.3) is 0 Å². The zero-order valence-corrected chi connectivity index (χ0v) is 11.7. The Kier molecular flexibility index (Phi) is 5.06. The van der Waals surface area contributed by atoms with Gasteiger partial charge in [-0.25, -0.2) is 0 Å². The van der Waals surface area contributed by atoms with E-state index in [1.807, 2.05) is 5.75 Å². The van der Waals surface area contributed by atoms with Crippen LogP contribution in [-0.2, 0) is 10.2 Å². The van der Waals surface area contributed by atoms with Gasteiger partial charge < -0.3 is 5.32 Å². The van der Waals surface area contributed by atoms with Gasteiger partial charge in [0, 0.05) is 24.1 Å². The molecule has 1 amide bonds. The summed E-state index contributed by atoms with van der Waals surface area (Å²) in [7, 11) is 1.65. The maximum absolute atomic E-state index is 11.0. The summed E-state index contributed by atoms with van der Waals surface area (Å²) < 4.78 is 0. The van der Waals surface area contributed by atoms with E-state index in [2.05, 4.69) is 50.4 Å². The molecule has 17 heavy (non-hydrogen) atoms. The van der Waals surface area contributed by atoms with E-state index in [4.69, 9.17) is 0 Å². The fourth-order valence-electron chi connectivity index (χ4n) is 1.35. The first-order valence-corrected chi connectivity index (χ1v) is 6.61. The fourth-order valence-corrected chi connectivity index (χ4v) is 2.07. The minimum atomic E-state index is 0.0452. The van der Waals surface area contributed by atoms with Crippen LogP contribution in [0.15, 0.2) is 29.2 Å². The van der Waals surface area contributed by atoms with Crippen LogP contribution in [0, 0.1) is 5.75 Å². The second-order valence-electron chi connectivity index (χ2n) is 4.94. The number of carbonyl (C=O) groups is 1. The Morgan fingerprint density at radius 2 is 1.88 bits per heavy atom. The van der Waals surface area contributed by atoms with Crippen molar-refractivity contribution in [2.45, 2.75) is 37.5 Å². The van der Waals surface area contributed by atoms with Gasteiger partial charge in [0.1, 0.15) is 0 Å². The molecule has 0 saturated heterocycles. The molecule has 0 aliphatic heterocycles. The SMILES string of the molecule is CNC(=O)C[CH]Sc1ccc(C(C)(C)C)cc1. The Hall–Kier alpha value is -0.960. The average molecular weight is 250 g/mol. The summed E-state index contributed by atoms with van der Waals surface area (Å²) in [6, 6.07) is 8.50. The van der Waals surface area contributed by atoms with Crippen molar-refractivity contribution in [2.75, 3.05) is 7.05 Å². The van der Waals surface area contributed by atoms with Crippen molar-refractivity contribution in [1.82, 2.24) is 5.32 Å². The van der Waals surface area contributed by atoms with E-state index in [9.17, 15) is 4.79 Å². The summed E-state index contributed by atoms with van der Waals surface area (Å²) in [5, 5.41) is 2.60. The number of benzene rings is 1. The number of rotatable bonds is 4. The monoisotopic (exact) mass is 250 g/mol. The molecule has 0 aromatic heterocycles. The molecule has 0 spiro atoms. The minimum absolute atomic E-state index is 0.0452. The van der Waals surface area contributed by atoms with Crippen LogP contribution in [0.4, 0.5) is 0 Å². The number of amides is 1. The van der Waals surface area contributed by atoms with Gasteiger partial charge in [0.2, 0.25) is 5.91 Å². The molecule has 1 rings (SSSR count). The maximum atomic E-state index is 11.0. The minimum Gasteiger partial charge on any atom is -0.359 e. The Bertz CT molecular complexity index is 365. The van der Waals surface area contributed by atoms with Crippen LogP contribution >= 0.6 is 11.8 Å². The smallest absolute Gasteiger partial charge is 0.220 e. The van der Waals surface area contributed by atoms with Crippen molar-refractivity contribution < 1.29 is 4.79 Å². The third-order valence-electron chi connectivity index (χ3n) is 2.49. The highest BCUT2D eigenvalue weighted by molar-refractivity contribution is 8.01. The summed E-state index contributed by atoms with van der Waals surface area (Å²) in [6.45, 7) is 6.60. The van der Waals surface area contributed by atoms with Crippen molar-refractivity contribution in [1.29, 1.82) is 0 Å². The second-order valence-corrected chi connectivity index (χ2v) is 5.98. The summed E-state index contributed by atoms with van der Waals surface area (Å²) in [4.78, 5) is 12.2.